The minimum Gasteiger partial charge on any atom is -0.340 e. The maximum absolute atomic E-state index is 13.2. The van der Waals surface area contributed by atoms with Crippen LogP contribution in [0.5, 0.6) is 0 Å². The molecule has 3 aliphatic rings. The fourth-order valence-electron chi connectivity index (χ4n) is 5.65. The first-order valence-corrected chi connectivity index (χ1v) is 12.5. The Balaban J connectivity index is 1.06. The van der Waals surface area contributed by atoms with Crippen LogP contribution in [-0.2, 0) is 29.0 Å². The highest BCUT2D eigenvalue weighted by molar-refractivity contribution is 6.00. The molecule has 0 spiro atoms. The van der Waals surface area contributed by atoms with Gasteiger partial charge in [0.1, 0.15) is 5.65 Å². The van der Waals surface area contributed by atoms with E-state index in [2.05, 4.69) is 22.0 Å². The highest BCUT2D eigenvalue weighted by Crippen LogP contribution is 2.31. The van der Waals surface area contributed by atoms with Gasteiger partial charge in [-0.2, -0.15) is 0 Å². The van der Waals surface area contributed by atoms with Crippen molar-refractivity contribution in [1.82, 2.24) is 19.2 Å². The molecular formula is C27H29N5O3. The van der Waals surface area contributed by atoms with Gasteiger partial charge in [-0.05, 0) is 54.7 Å². The number of anilines is 1. The van der Waals surface area contributed by atoms with Crippen LogP contribution in [0.4, 0.5) is 5.69 Å². The highest BCUT2D eigenvalue weighted by atomic mass is 16.2. The third-order valence-corrected chi connectivity index (χ3v) is 7.56. The molecule has 2 fully saturated rings. The van der Waals surface area contributed by atoms with Crippen LogP contribution in [0, 0.1) is 5.92 Å². The summed E-state index contributed by atoms with van der Waals surface area (Å²) in [5.74, 6) is -0.179. The number of carbonyl (C=O) groups is 2. The summed E-state index contributed by atoms with van der Waals surface area (Å²) in [5.41, 5.74) is 4.95. The molecule has 0 bridgehead atoms. The lowest BCUT2D eigenvalue weighted by molar-refractivity contribution is -0.137. The lowest BCUT2D eigenvalue weighted by Gasteiger charge is -2.35. The highest BCUT2D eigenvalue weighted by Gasteiger charge is 2.38. The molecule has 6 rings (SSSR count). The van der Waals surface area contributed by atoms with Gasteiger partial charge in [-0.3, -0.25) is 23.7 Å². The van der Waals surface area contributed by atoms with Gasteiger partial charge in [0.2, 0.25) is 11.8 Å². The van der Waals surface area contributed by atoms with E-state index in [0.717, 1.165) is 37.3 Å². The van der Waals surface area contributed by atoms with Gasteiger partial charge in [-0.1, -0.05) is 12.1 Å². The molecule has 35 heavy (non-hydrogen) atoms. The lowest BCUT2D eigenvalue weighted by atomic mass is 10.1. The summed E-state index contributed by atoms with van der Waals surface area (Å²) >= 11 is 0. The summed E-state index contributed by atoms with van der Waals surface area (Å²) in [6.07, 6.45) is 5.36. The minimum absolute atomic E-state index is 0.0357. The molecular weight excluding hydrogens is 442 g/mol. The first-order chi connectivity index (χ1) is 17.0. The van der Waals surface area contributed by atoms with E-state index in [1.54, 1.807) is 17.2 Å². The Hall–Kier alpha value is -3.52. The summed E-state index contributed by atoms with van der Waals surface area (Å²) in [7, 11) is 0. The van der Waals surface area contributed by atoms with E-state index in [9.17, 15) is 14.4 Å². The van der Waals surface area contributed by atoms with Crippen LogP contribution >= 0.6 is 0 Å². The van der Waals surface area contributed by atoms with Crippen molar-refractivity contribution in [3.05, 3.63) is 75.8 Å². The van der Waals surface area contributed by atoms with Crippen LogP contribution < -0.4 is 10.5 Å². The smallest absolute Gasteiger partial charge is 0.258 e. The Labute approximate surface area is 203 Å². The summed E-state index contributed by atoms with van der Waals surface area (Å²) in [5, 5.41) is 0. The molecule has 0 N–H and O–H groups in total. The van der Waals surface area contributed by atoms with Crippen molar-refractivity contribution in [2.75, 3.05) is 37.6 Å². The molecule has 1 atom stereocenters. The van der Waals surface area contributed by atoms with Crippen molar-refractivity contribution in [2.45, 2.75) is 32.2 Å². The number of amides is 2. The first kappa shape index (κ1) is 22.0. The molecule has 8 heteroatoms. The number of rotatable bonds is 4. The van der Waals surface area contributed by atoms with E-state index in [-0.39, 0.29) is 29.7 Å². The van der Waals surface area contributed by atoms with Gasteiger partial charge in [0.25, 0.3) is 5.56 Å². The monoisotopic (exact) mass is 471 g/mol. The SMILES string of the molecule is O=C(C1CC(=O)N(c2ccc3c(c2)CCC3)C1)N1CCN(Cc2cc(=O)n3ccccc3n2)CC1. The maximum atomic E-state index is 13.2. The van der Waals surface area contributed by atoms with Gasteiger partial charge in [-0.15, -0.1) is 0 Å². The summed E-state index contributed by atoms with van der Waals surface area (Å²) in [6, 6.07) is 13.4. The summed E-state index contributed by atoms with van der Waals surface area (Å²) in [6.45, 7) is 3.72. The number of benzene rings is 1. The molecule has 2 amide bonds. The third kappa shape index (κ3) is 4.23. The Bertz CT molecular complexity index is 1360. The number of hydrogen-bond acceptors (Lipinski definition) is 5. The van der Waals surface area contributed by atoms with Crippen molar-refractivity contribution in [3.8, 4) is 0 Å². The quantitative estimate of drug-likeness (QED) is 0.581. The van der Waals surface area contributed by atoms with Gasteiger partial charge >= 0.3 is 0 Å². The number of pyridine rings is 1. The van der Waals surface area contributed by atoms with E-state index in [0.29, 0.717) is 31.8 Å². The van der Waals surface area contributed by atoms with Gasteiger partial charge < -0.3 is 9.80 Å². The van der Waals surface area contributed by atoms with E-state index in [1.807, 2.05) is 29.2 Å². The molecule has 4 heterocycles. The number of fused-ring (bicyclic) bond motifs is 2. The molecule has 2 aromatic heterocycles. The molecule has 1 unspecified atom stereocenters. The first-order valence-electron chi connectivity index (χ1n) is 12.5. The molecule has 2 aliphatic heterocycles. The number of piperazine rings is 1. The predicted octanol–water partition coefficient (Wildman–Crippen LogP) is 1.88. The molecule has 2 saturated heterocycles. The van der Waals surface area contributed by atoms with Crippen LogP contribution in [0.2, 0.25) is 0 Å². The van der Waals surface area contributed by atoms with Gasteiger partial charge in [0.15, 0.2) is 0 Å². The number of aryl methyl sites for hydroxylation is 2. The topological polar surface area (TPSA) is 78.2 Å². The second kappa shape index (κ2) is 8.92. The fourth-order valence-corrected chi connectivity index (χ4v) is 5.65. The van der Waals surface area contributed by atoms with E-state index in [4.69, 9.17) is 0 Å². The zero-order valence-corrected chi connectivity index (χ0v) is 19.7. The molecule has 8 nitrogen and oxygen atoms in total. The Morgan fingerprint density at radius 3 is 2.66 bits per heavy atom. The van der Waals surface area contributed by atoms with E-state index in [1.165, 1.54) is 21.9 Å². The van der Waals surface area contributed by atoms with Gasteiger partial charge in [0, 0.05) is 63.6 Å². The molecule has 180 valence electrons. The number of carbonyl (C=O) groups excluding carboxylic acids is 2. The Morgan fingerprint density at radius 1 is 0.971 bits per heavy atom. The lowest BCUT2D eigenvalue weighted by Crippen LogP contribution is -2.50. The second-order valence-corrected chi connectivity index (χ2v) is 9.83. The van der Waals surface area contributed by atoms with Crippen molar-refractivity contribution in [1.29, 1.82) is 0 Å². The van der Waals surface area contributed by atoms with Crippen LogP contribution in [0.1, 0.15) is 29.7 Å². The molecule has 3 aromatic rings. The summed E-state index contributed by atoms with van der Waals surface area (Å²) < 4.78 is 1.54. The van der Waals surface area contributed by atoms with Crippen molar-refractivity contribution in [3.63, 3.8) is 0 Å². The second-order valence-electron chi connectivity index (χ2n) is 9.83. The molecule has 0 saturated carbocycles. The molecule has 1 aliphatic carbocycles. The normalized spacial score (nSPS) is 20.6. The molecule has 0 radical (unpaired) electrons. The minimum atomic E-state index is -0.287. The van der Waals surface area contributed by atoms with E-state index >= 15 is 0 Å². The maximum Gasteiger partial charge on any atom is 0.258 e. The van der Waals surface area contributed by atoms with E-state index < -0.39 is 0 Å². The third-order valence-electron chi connectivity index (χ3n) is 7.56. The van der Waals surface area contributed by atoms with Crippen molar-refractivity contribution < 1.29 is 9.59 Å². The Kier molecular flexibility index (Phi) is 5.60. The summed E-state index contributed by atoms with van der Waals surface area (Å²) in [4.78, 5) is 48.9. The van der Waals surface area contributed by atoms with Crippen molar-refractivity contribution in [2.24, 2.45) is 5.92 Å². The number of aromatic nitrogens is 2. The van der Waals surface area contributed by atoms with Crippen LogP contribution in [0.25, 0.3) is 5.65 Å². The van der Waals surface area contributed by atoms with Crippen LogP contribution in [0.15, 0.2) is 53.5 Å². The predicted molar refractivity (Wildman–Crippen MR) is 132 cm³/mol. The zero-order chi connectivity index (χ0) is 23.9. The van der Waals surface area contributed by atoms with Crippen LogP contribution in [0.3, 0.4) is 0 Å². The van der Waals surface area contributed by atoms with Gasteiger partial charge in [0.05, 0.1) is 11.6 Å². The number of nitrogens with zero attached hydrogens (tertiary/aromatic N) is 5. The number of hydrogen-bond donors (Lipinski definition) is 0. The van der Waals surface area contributed by atoms with Crippen LogP contribution in [-0.4, -0.2) is 63.7 Å². The zero-order valence-electron chi connectivity index (χ0n) is 19.7. The fraction of sp³-hybridized carbons (Fsp3) is 0.407. The molecule has 1 aromatic carbocycles. The average molecular weight is 472 g/mol. The Morgan fingerprint density at radius 2 is 1.80 bits per heavy atom. The standard InChI is InChI=1S/C27H29N5O3/c33-25-15-21(17-32(25)23-8-7-19-4-3-5-20(19)14-23)27(35)30-12-10-29(11-13-30)18-22-16-26(34)31-9-2-1-6-24(31)28-22/h1-2,6-9,14,16,21H,3-5,10-13,15,17-18H2. The largest absolute Gasteiger partial charge is 0.340 e. The average Bonchev–Trinajstić information content (AvgIpc) is 3.50. The van der Waals surface area contributed by atoms with Crippen molar-refractivity contribution >= 4 is 23.1 Å². The van der Waals surface area contributed by atoms with Gasteiger partial charge in [-0.25, -0.2) is 4.98 Å².